The van der Waals surface area contributed by atoms with Crippen LogP contribution in [0, 0.1) is 0 Å². The van der Waals surface area contributed by atoms with Crippen LogP contribution in [0.15, 0.2) is 73.3 Å². The fourth-order valence-electron chi connectivity index (χ4n) is 4.12. The second-order valence-electron chi connectivity index (χ2n) is 9.94. The molecular formula is C27H25Cl3N8Sn. The number of nitrogens with zero attached hydrogens (tertiary/aromatic N) is 8. The fourth-order valence-corrected chi connectivity index (χ4v) is 8.70. The minimum absolute atomic E-state index is 0.127. The molecule has 0 fully saturated rings. The van der Waals surface area contributed by atoms with E-state index in [9.17, 15) is 0 Å². The Kier molecular flexibility index (Phi) is 8.37. The van der Waals surface area contributed by atoms with Gasteiger partial charge in [0.25, 0.3) is 0 Å². The molecule has 0 aliphatic carbocycles. The number of halogens is 3. The number of hydrogen-bond donors (Lipinski definition) is 0. The summed E-state index contributed by atoms with van der Waals surface area (Å²) >= 11 is 15.5. The molecule has 0 saturated carbocycles. The summed E-state index contributed by atoms with van der Waals surface area (Å²) in [5.41, 5.74) is 5.33. The predicted molar refractivity (Wildman–Crippen MR) is 160 cm³/mol. The molecule has 0 N–H and O–H groups in total. The normalized spacial score (nSPS) is 11.5. The maximum absolute atomic E-state index is 6.13. The van der Waals surface area contributed by atoms with Gasteiger partial charge in [-0.1, -0.05) is 41.9 Å². The van der Waals surface area contributed by atoms with Gasteiger partial charge in [-0.3, -0.25) is 0 Å². The molecule has 0 saturated heterocycles. The van der Waals surface area contributed by atoms with Crippen LogP contribution in [-0.2, 0) is 13.1 Å². The van der Waals surface area contributed by atoms with Crippen LogP contribution < -0.4 is 3.71 Å². The van der Waals surface area contributed by atoms with Crippen molar-refractivity contribution in [2.75, 3.05) is 0 Å². The molecule has 0 bridgehead atoms. The summed E-state index contributed by atoms with van der Waals surface area (Å²) in [6, 6.07) is 20.3. The van der Waals surface area contributed by atoms with E-state index in [0.29, 0.717) is 23.0 Å². The van der Waals surface area contributed by atoms with Gasteiger partial charge in [0.15, 0.2) is 10.8 Å². The van der Waals surface area contributed by atoms with Gasteiger partial charge in [0.2, 0.25) is 5.28 Å². The van der Waals surface area contributed by atoms with Crippen molar-refractivity contribution < 1.29 is 0 Å². The second-order valence-corrected chi connectivity index (χ2v) is 25.2. The zero-order valence-electron chi connectivity index (χ0n) is 21.6. The first-order valence-corrected chi connectivity index (χ1v) is 23.3. The number of imidazole rings is 2. The molecule has 6 aromatic rings. The van der Waals surface area contributed by atoms with Crippen LogP contribution in [0.3, 0.4) is 0 Å². The van der Waals surface area contributed by atoms with Gasteiger partial charge in [0, 0.05) is 0 Å². The van der Waals surface area contributed by atoms with Gasteiger partial charge in [-0.25, -0.2) is 9.97 Å². The van der Waals surface area contributed by atoms with Crippen molar-refractivity contribution in [1.29, 1.82) is 0 Å². The summed E-state index contributed by atoms with van der Waals surface area (Å²) in [6.07, 6.45) is 3.53. The van der Waals surface area contributed by atoms with Gasteiger partial charge >= 0.3 is 133 Å². The molecule has 0 atom stereocenters. The molecule has 0 spiro atoms. The Morgan fingerprint density at radius 3 is 1.59 bits per heavy atom. The van der Waals surface area contributed by atoms with Crippen molar-refractivity contribution in [3.63, 3.8) is 0 Å². The monoisotopic (exact) mass is 686 g/mol. The van der Waals surface area contributed by atoms with Gasteiger partial charge < -0.3 is 4.57 Å². The zero-order chi connectivity index (χ0) is 27.6. The Morgan fingerprint density at radius 1 is 0.615 bits per heavy atom. The van der Waals surface area contributed by atoms with E-state index < -0.39 is 18.4 Å². The first kappa shape index (κ1) is 27.8. The number of hydrogen-bond acceptors (Lipinski definition) is 6. The van der Waals surface area contributed by atoms with Crippen molar-refractivity contribution in [1.82, 2.24) is 39.0 Å². The molecule has 198 valence electrons. The van der Waals surface area contributed by atoms with E-state index in [0.717, 1.165) is 27.0 Å². The summed E-state index contributed by atoms with van der Waals surface area (Å²) in [7, 11) is 0. The van der Waals surface area contributed by atoms with Crippen LogP contribution >= 0.6 is 34.8 Å². The summed E-state index contributed by atoms with van der Waals surface area (Å²) < 4.78 is 5.02. The molecule has 4 aromatic heterocycles. The average molecular weight is 687 g/mol. The van der Waals surface area contributed by atoms with Crippen LogP contribution in [0.1, 0.15) is 11.1 Å². The molecule has 8 nitrogen and oxygen atoms in total. The number of rotatable bonds is 5. The summed E-state index contributed by atoms with van der Waals surface area (Å²) in [5, 5.41) is 0.720. The molecule has 0 aliphatic heterocycles. The predicted octanol–water partition coefficient (Wildman–Crippen LogP) is 6.25. The zero-order valence-corrected chi connectivity index (χ0v) is 26.7. The van der Waals surface area contributed by atoms with Crippen LogP contribution in [-0.4, -0.2) is 57.4 Å². The number of benzene rings is 2. The molecule has 0 radical (unpaired) electrons. The molecule has 0 amide bonds. The first-order valence-electron chi connectivity index (χ1n) is 12.2. The summed E-state index contributed by atoms with van der Waals surface area (Å²) in [4.78, 5) is 32.6. The molecule has 39 heavy (non-hydrogen) atoms. The molecule has 0 unspecified atom stereocenters. The second kappa shape index (κ2) is 11.8. The Labute approximate surface area is 244 Å². The summed E-state index contributed by atoms with van der Waals surface area (Å²) in [5.74, 6) is 0. The standard InChI is InChI=1S/C12H8Cl2N4.C12H8ClN4.3CH3.Sn/c13-10-9-11(17-12(14)16-10)18(7-15-9)6-8-4-2-1-3-5-8;13-12-14-6-10-11(16-12)17(8-15-10)7-9-4-2-1-3-5-9;;;;/h1-5,7H,6H2;1-5,8H,7H2;3*1H3;. The van der Waals surface area contributed by atoms with Crippen molar-refractivity contribution in [3.05, 3.63) is 100 Å². The average Bonchev–Trinajstić information content (AvgIpc) is 3.49. The quantitative estimate of drug-likeness (QED) is 0.121. The third-order valence-electron chi connectivity index (χ3n) is 5.93. The van der Waals surface area contributed by atoms with Gasteiger partial charge in [-0.2, -0.15) is 4.98 Å². The van der Waals surface area contributed by atoms with Gasteiger partial charge in [0.1, 0.15) is 5.52 Å². The van der Waals surface area contributed by atoms with Crippen molar-refractivity contribution in [3.8, 4) is 0 Å². The van der Waals surface area contributed by atoms with E-state index in [1.54, 1.807) is 6.33 Å². The molecule has 4 heterocycles. The number of fused-ring (bicyclic) bond motifs is 2. The Bertz CT molecular complexity index is 1730. The SMILES string of the molecule is Clc1nc(Cl)c2ncn(Cc3ccccc3)c2n1.[CH3][Sn]([CH3])([CH3])[c]1nc(Cl)nc2c1ncn2Cc1ccccc1. The maximum atomic E-state index is 6.13. The first-order chi connectivity index (χ1) is 18.7. The molecule has 12 heteroatoms. The van der Waals surface area contributed by atoms with Crippen molar-refractivity contribution >= 4 is 79.2 Å². The Morgan fingerprint density at radius 2 is 1.08 bits per heavy atom. The summed E-state index contributed by atoms with van der Waals surface area (Å²) in [6.45, 7) is 1.41. The third-order valence-corrected chi connectivity index (χ3v) is 11.6. The van der Waals surface area contributed by atoms with E-state index >= 15 is 0 Å². The molecular weight excluding hydrogens is 661 g/mol. The van der Waals surface area contributed by atoms with Gasteiger partial charge in [0.05, 0.1) is 12.9 Å². The van der Waals surface area contributed by atoms with E-state index in [4.69, 9.17) is 34.8 Å². The minimum atomic E-state index is -2.38. The molecule has 6 rings (SSSR count). The Hall–Kier alpha value is -2.79. The van der Waals surface area contributed by atoms with Gasteiger partial charge in [-0.05, 0) is 17.2 Å². The number of aromatic nitrogens is 8. The van der Waals surface area contributed by atoms with Gasteiger partial charge in [-0.15, -0.1) is 0 Å². The van der Waals surface area contributed by atoms with Crippen LogP contribution in [0.2, 0.25) is 30.5 Å². The third kappa shape index (κ3) is 6.51. The van der Waals surface area contributed by atoms with Crippen LogP contribution in [0.4, 0.5) is 0 Å². The molecule has 0 aliphatic rings. The molecule has 2 aromatic carbocycles. The van der Waals surface area contributed by atoms with E-state index in [1.165, 1.54) is 5.56 Å². The topological polar surface area (TPSA) is 87.2 Å². The fraction of sp³-hybridized carbons (Fsp3) is 0.185. The van der Waals surface area contributed by atoms with Crippen molar-refractivity contribution in [2.45, 2.75) is 27.9 Å². The van der Waals surface area contributed by atoms with E-state index in [-0.39, 0.29) is 10.4 Å². The van der Waals surface area contributed by atoms with Crippen LogP contribution in [0.5, 0.6) is 0 Å². The van der Waals surface area contributed by atoms with Crippen LogP contribution in [0.25, 0.3) is 22.3 Å². The van der Waals surface area contributed by atoms with E-state index in [2.05, 4.69) is 56.9 Å². The Balaban J connectivity index is 0.000000160. The van der Waals surface area contributed by atoms with Crippen molar-refractivity contribution in [2.24, 2.45) is 0 Å². The van der Waals surface area contributed by atoms with E-state index in [1.807, 2.05) is 64.0 Å².